The summed E-state index contributed by atoms with van der Waals surface area (Å²) in [6.45, 7) is 0.539. The smallest absolute Gasteiger partial charge is 0.353 e. The minimum atomic E-state index is -4.55. The van der Waals surface area contributed by atoms with E-state index in [0.717, 1.165) is 6.07 Å². The Kier molecular flexibility index (Phi) is 4.64. The van der Waals surface area contributed by atoms with Gasteiger partial charge in [-0.05, 0) is 18.2 Å². The van der Waals surface area contributed by atoms with Crippen molar-refractivity contribution in [1.29, 1.82) is 0 Å². The van der Waals surface area contributed by atoms with Gasteiger partial charge in [0, 0.05) is 23.7 Å². The number of nitrogens with zero attached hydrogens (tertiary/aromatic N) is 2. The Hall–Kier alpha value is -1.86. The normalized spacial score (nSPS) is 11.5. The first-order valence-corrected chi connectivity index (χ1v) is 6.44. The van der Waals surface area contributed by atoms with Gasteiger partial charge in [-0.15, -0.1) is 0 Å². The van der Waals surface area contributed by atoms with Gasteiger partial charge < -0.3 is 11.1 Å². The number of hydrogen-bond donors (Lipinski definition) is 2. The molecule has 0 saturated heterocycles. The zero-order valence-electron chi connectivity index (χ0n) is 10.8. The van der Waals surface area contributed by atoms with E-state index < -0.39 is 11.9 Å². The second-order valence-electron chi connectivity index (χ2n) is 4.18. The number of benzene rings is 1. The van der Waals surface area contributed by atoms with Crippen molar-refractivity contribution in [1.82, 2.24) is 9.97 Å². The van der Waals surface area contributed by atoms with Crippen LogP contribution >= 0.6 is 11.6 Å². The number of anilines is 1. The van der Waals surface area contributed by atoms with Crippen LogP contribution in [-0.4, -0.2) is 23.1 Å². The summed E-state index contributed by atoms with van der Waals surface area (Å²) >= 11 is 5.76. The predicted octanol–water partition coefficient (Wildman–Crippen LogP) is 3.19. The van der Waals surface area contributed by atoms with Crippen molar-refractivity contribution in [3.05, 3.63) is 41.0 Å². The Morgan fingerprint density at radius 2 is 1.81 bits per heavy atom. The maximum atomic E-state index is 12.9. The van der Waals surface area contributed by atoms with E-state index in [0.29, 0.717) is 10.6 Å². The molecule has 1 aromatic carbocycles. The predicted molar refractivity (Wildman–Crippen MR) is 75.0 cm³/mol. The van der Waals surface area contributed by atoms with Crippen molar-refractivity contribution in [2.45, 2.75) is 6.18 Å². The maximum Gasteiger partial charge on any atom is 0.433 e. The highest BCUT2D eigenvalue weighted by Gasteiger charge is 2.33. The molecule has 0 amide bonds. The highest BCUT2D eigenvalue weighted by molar-refractivity contribution is 6.30. The zero-order chi connectivity index (χ0) is 15.5. The first-order chi connectivity index (χ1) is 9.90. The summed E-state index contributed by atoms with van der Waals surface area (Å²) in [4.78, 5) is 7.52. The third-order valence-electron chi connectivity index (χ3n) is 2.58. The lowest BCUT2D eigenvalue weighted by atomic mass is 10.1. The van der Waals surface area contributed by atoms with Crippen molar-refractivity contribution in [3.63, 3.8) is 0 Å². The number of hydrogen-bond acceptors (Lipinski definition) is 4. The van der Waals surface area contributed by atoms with Gasteiger partial charge in [0.1, 0.15) is 0 Å². The molecule has 0 aliphatic carbocycles. The van der Waals surface area contributed by atoms with Gasteiger partial charge in [-0.3, -0.25) is 0 Å². The summed E-state index contributed by atoms with van der Waals surface area (Å²) in [6, 6.07) is 7.25. The van der Waals surface area contributed by atoms with E-state index >= 15 is 0 Å². The second kappa shape index (κ2) is 6.28. The molecule has 0 saturated carbocycles. The van der Waals surface area contributed by atoms with Crippen LogP contribution < -0.4 is 11.1 Å². The molecule has 1 heterocycles. The maximum absolute atomic E-state index is 12.9. The van der Waals surface area contributed by atoms with Crippen molar-refractivity contribution in [3.8, 4) is 11.3 Å². The van der Waals surface area contributed by atoms with E-state index in [1.54, 1.807) is 24.3 Å². The van der Waals surface area contributed by atoms with Gasteiger partial charge in [0.2, 0.25) is 5.95 Å². The average molecular weight is 317 g/mol. The summed E-state index contributed by atoms with van der Waals surface area (Å²) in [7, 11) is 0. The molecule has 0 aliphatic heterocycles. The molecular formula is C13H12ClF3N4. The molecule has 0 aliphatic rings. The lowest BCUT2D eigenvalue weighted by Crippen LogP contribution is -2.17. The number of rotatable bonds is 4. The van der Waals surface area contributed by atoms with Crippen LogP contribution in [0, 0.1) is 0 Å². The number of nitrogens with one attached hydrogen (secondary N) is 1. The van der Waals surface area contributed by atoms with Crippen LogP contribution in [0.3, 0.4) is 0 Å². The monoisotopic (exact) mass is 316 g/mol. The Balaban J connectivity index is 2.46. The van der Waals surface area contributed by atoms with Crippen molar-refractivity contribution in [2.24, 2.45) is 5.73 Å². The summed E-state index contributed by atoms with van der Waals surface area (Å²) < 4.78 is 38.7. The summed E-state index contributed by atoms with van der Waals surface area (Å²) in [5.41, 5.74) is 4.98. The molecule has 8 heteroatoms. The third kappa shape index (κ3) is 4.05. The lowest BCUT2D eigenvalue weighted by Gasteiger charge is -2.11. The van der Waals surface area contributed by atoms with E-state index in [2.05, 4.69) is 15.3 Å². The molecule has 0 unspecified atom stereocenters. The summed E-state index contributed by atoms with van der Waals surface area (Å²) in [5.74, 6) is -0.111. The highest BCUT2D eigenvalue weighted by atomic mass is 35.5. The molecule has 2 aromatic rings. The zero-order valence-corrected chi connectivity index (χ0v) is 11.5. The Labute approximate surface area is 124 Å². The van der Waals surface area contributed by atoms with Crippen LogP contribution in [0.4, 0.5) is 19.1 Å². The minimum absolute atomic E-state index is 0.111. The first-order valence-electron chi connectivity index (χ1n) is 6.06. The van der Waals surface area contributed by atoms with Gasteiger partial charge in [0.05, 0.1) is 5.69 Å². The van der Waals surface area contributed by atoms with Gasteiger partial charge in [0.25, 0.3) is 0 Å². The minimum Gasteiger partial charge on any atom is -0.353 e. The van der Waals surface area contributed by atoms with Crippen molar-refractivity contribution >= 4 is 17.5 Å². The van der Waals surface area contributed by atoms with Crippen molar-refractivity contribution < 1.29 is 13.2 Å². The highest BCUT2D eigenvalue weighted by Crippen LogP contribution is 2.31. The van der Waals surface area contributed by atoms with Crippen LogP contribution in [0.2, 0.25) is 5.02 Å². The Morgan fingerprint density at radius 3 is 2.38 bits per heavy atom. The topological polar surface area (TPSA) is 63.8 Å². The van der Waals surface area contributed by atoms with Crippen LogP contribution in [0.25, 0.3) is 11.3 Å². The van der Waals surface area contributed by atoms with Crippen LogP contribution in [-0.2, 0) is 6.18 Å². The second-order valence-corrected chi connectivity index (χ2v) is 4.62. The fraction of sp³-hybridized carbons (Fsp3) is 0.231. The van der Waals surface area contributed by atoms with Crippen LogP contribution in [0.1, 0.15) is 5.69 Å². The Bertz CT molecular complexity index is 614. The SMILES string of the molecule is NCCNc1nc(-c2ccc(Cl)cc2)cc(C(F)(F)F)n1. The van der Waals surface area contributed by atoms with E-state index in [4.69, 9.17) is 17.3 Å². The van der Waals surface area contributed by atoms with Gasteiger partial charge in [-0.1, -0.05) is 23.7 Å². The lowest BCUT2D eigenvalue weighted by molar-refractivity contribution is -0.141. The first kappa shape index (κ1) is 15.5. The summed E-state index contributed by atoms with van der Waals surface area (Å²) in [5, 5.41) is 3.15. The average Bonchev–Trinajstić information content (AvgIpc) is 2.44. The molecule has 0 atom stereocenters. The third-order valence-corrected chi connectivity index (χ3v) is 2.84. The molecule has 0 spiro atoms. The number of alkyl halides is 3. The molecule has 1 aromatic heterocycles. The van der Waals surface area contributed by atoms with Gasteiger partial charge in [-0.25, -0.2) is 9.97 Å². The van der Waals surface area contributed by atoms with E-state index in [9.17, 15) is 13.2 Å². The van der Waals surface area contributed by atoms with Gasteiger partial charge in [-0.2, -0.15) is 13.2 Å². The molecule has 2 rings (SSSR count). The molecule has 4 nitrogen and oxygen atoms in total. The Morgan fingerprint density at radius 1 is 1.14 bits per heavy atom. The largest absolute Gasteiger partial charge is 0.433 e. The van der Waals surface area contributed by atoms with E-state index in [1.807, 2.05) is 0 Å². The quantitative estimate of drug-likeness (QED) is 0.909. The van der Waals surface area contributed by atoms with E-state index in [1.165, 1.54) is 0 Å². The molecule has 21 heavy (non-hydrogen) atoms. The van der Waals surface area contributed by atoms with Crippen LogP contribution in [0.5, 0.6) is 0 Å². The molecule has 0 bridgehead atoms. The summed E-state index contributed by atoms with van der Waals surface area (Å²) in [6.07, 6.45) is -4.55. The fourth-order valence-electron chi connectivity index (χ4n) is 1.62. The molecular weight excluding hydrogens is 305 g/mol. The van der Waals surface area contributed by atoms with Gasteiger partial charge >= 0.3 is 6.18 Å². The molecule has 0 fully saturated rings. The molecule has 0 radical (unpaired) electrons. The number of aromatic nitrogens is 2. The van der Waals surface area contributed by atoms with Gasteiger partial charge in [0.15, 0.2) is 5.69 Å². The standard InChI is InChI=1S/C13H12ClF3N4/c14-9-3-1-8(2-4-9)10-7-11(13(15,16)17)21-12(20-10)19-6-5-18/h1-4,7H,5-6,18H2,(H,19,20,21). The van der Waals surface area contributed by atoms with Crippen molar-refractivity contribution in [2.75, 3.05) is 18.4 Å². The van der Waals surface area contributed by atoms with E-state index in [-0.39, 0.29) is 24.7 Å². The number of nitrogens with two attached hydrogens (primary N) is 1. The number of halogens is 4. The fourth-order valence-corrected chi connectivity index (χ4v) is 1.75. The molecule has 112 valence electrons. The molecule has 3 N–H and O–H groups in total. The van der Waals surface area contributed by atoms with Crippen LogP contribution in [0.15, 0.2) is 30.3 Å².